The van der Waals surface area contributed by atoms with Gasteiger partial charge in [0.25, 0.3) is 0 Å². The molecule has 78 valence electrons. The van der Waals surface area contributed by atoms with E-state index in [2.05, 4.69) is 31.4 Å². The van der Waals surface area contributed by atoms with Crippen LogP contribution in [-0.2, 0) is 0 Å². The maximum atomic E-state index is 3.59. The van der Waals surface area contributed by atoms with E-state index in [1.807, 2.05) is 0 Å². The molecular formula is C11H24N2. The molecule has 1 atom stereocenters. The Kier molecular flexibility index (Phi) is 4.20. The van der Waals surface area contributed by atoms with Gasteiger partial charge in [-0.3, -0.25) is 0 Å². The summed E-state index contributed by atoms with van der Waals surface area (Å²) in [4.78, 5) is 0. The Bertz CT molecular complexity index is 130. The molecule has 0 saturated carbocycles. The van der Waals surface area contributed by atoms with Crippen molar-refractivity contribution in [2.45, 2.75) is 45.6 Å². The molecule has 0 radical (unpaired) electrons. The molecule has 2 heteroatoms. The van der Waals surface area contributed by atoms with Crippen molar-refractivity contribution in [3.05, 3.63) is 0 Å². The van der Waals surface area contributed by atoms with E-state index in [1.165, 1.54) is 38.9 Å². The van der Waals surface area contributed by atoms with Gasteiger partial charge in [0.15, 0.2) is 0 Å². The Balaban J connectivity index is 2.19. The number of rotatable bonds is 2. The predicted octanol–water partition coefficient (Wildman–Crippen LogP) is 1.76. The minimum absolute atomic E-state index is 0.278. The minimum Gasteiger partial charge on any atom is -0.317 e. The average molecular weight is 184 g/mol. The Morgan fingerprint density at radius 3 is 2.69 bits per heavy atom. The molecule has 1 heterocycles. The van der Waals surface area contributed by atoms with Crippen LogP contribution < -0.4 is 10.6 Å². The lowest BCUT2D eigenvalue weighted by atomic mass is 9.99. The summed E-state index contributed by atoms with van der Waals surface area (Å²) in [5.41, 5.74) is 0.278. The molecule has 13 heavy (non-hydrogen) atoms. The third kappa shape index (κ3) is 5.27. The van der Waals surface area contributed by atoms with Crippen molar-refractivity contribution < 1.29 is 0 Å². The van der Waals surface area contributed by atoms with Gasteiger partial charge in [-0.05, 0) is 65.6 Å². The quantitative estimate of drug-likeness (QED) is 0.683. The minimum atomic E-state index is 0.278. The summed E-state index contributed by atoms with van der Waals surface area (Å²) < 4.78 is 0. The zero-order valence-corrected chi connectivity index (χ0v) is 9.32. The highest BCUT2D eigenvalue weighted by Gasteiger charge is 2.15. The molecule has 1 unspecified atom stereocenters. The van der Waals surface area contributed by atoms with Gasteiger partial charge in [0.2, 0.25) is 0 Å². The van der Waals surface area contributed by atoms with Crippen molar-refractivity contribution in [3.8, 4) is 0 Å². The van der Waals surface area contributed by atoms with Gasteiger partial charge in [-0.15, -0.1) is 0 Å². The molecule has 0 aromatic carbocycles. The molecule has 0 aliphatic carbocycles. The highest BCUT2D eigenvalue weighted by molar-refractivity contribution is 4.75. The van der Waals surface area contributed by atoms with E-state index in [0.29, 0.717) is 0 Å². The van der Waals surface area contributed by atoms with E-state index >= 15 is 0 Å². The lowest BCUT2D eigenvalue weighted by Gasteiger charge is -2.24. The molecule has 0 aromatic rings. The summed E-state index contributed by atoms with van der Waals surface area (Å²) in [5, 5.41) is 7.04. The molecule has 1 aliphatic heterocycles. The molecule has 2 N–H and O–H groups in total. The summed E-state index contributed by atoms with van der Waals surface area (Å²) >= 11 is 0. The van der Waals surface area contributed by atoms with Crippen LogP contribution in [0.25, 0.3) is 0 Å². The molecular weight excluding hydrogens is 160 g/mol. The molecule has 1 aliphatic rings. The molecule has 0 spiro atoms. The second-order valence-corrected chi connectivity index (χ2v) is 5.18. The highest BCUT2D eigenvalue weighted by Crippen LogP contribution is 2.13. The van der Waals surface area contributed by atoms with Crippen molar-refractivity contribution in [1.29, 1.82) is 0 Å². The molecule has 0 aromatic heterocycles. The third-order valence-corrected chi connectivity index (χ3v) is 2.62. The molecule has 0 amide bonds. The average Bonchev–Trinajstić information content (AvgIpc) is 2.26. The third-order valence-electron chi connectivity index (χ3n) is 2.62. The van der Waals surface area contributed by atoms with Crippen LogP contribution in [0, 0.1) is 5.92 Å². The van der Waals surface area contributed by atoms with E-state index in [-0.39, 0.29) is 5.54 Å². The van der Waals surface area contributed by atoms with Gasteiger partial charge in [-0.25, -0.2) is 0 Å². The van der Waals surface area contributed by atoms with Crippen molar-refractivity contribution in [2.75, 3.05) is 19.6 Å². The van der Waals surface area contributed by atoms with E-state index in [4.69, 9.17) is 0 Å². The van der Waals surface area contributed by atoms with Gasteiger partial charge in [0, 0.05) is 5.54 Å². The first-order chi connectivity index (χ1) is 6.08. The van der Waals surface area contributed by atoms with Crippen molar-refractivity contribution >= 4 is 0 Å². The lowest BCUT2D eigenvalue weighted by Crippen LogP contribution is -2.39. The van der Waals surface area contributed by atoms with Crippen molar-refractivity contribution in [2.24, 2.45) is 5.92 Å². The fourth-order valence-electron chi connectivity index (χ4n) is 1.75. The summed E-state index contributed by atoms with van der Waals surface area (Å²) in [6.07, 6.45) is 4.07. The molecule has 1 fully saturated rings. The topological polar surface area (TPSA) is 24.1 Å². The number of nitrogens with one attached hydrogen (secondary N) is 2. The Morgan fingerprint density at radius 1 is 1.23 bits per heavy atom. The maximum absolute atomic E-state index is 3.59. The lowest BCUT2D eigenvalue weighted by molar-refractivity contribution is 0.353. The van der Waals surface area contributed by atoms with Crippen LogP contribution in [0.5, 0.6) is 0 Å². The van der Waals surface area contributed by atoms with Gasteiger partial charge >= 0.3 is 0 Å². The van der Waals surface area contributed by atoms with Crippen LogP contribution in [-0.4, -0.2) is 25.2 Å². The van der Waals surface area contributed by atoms with Crippen molar-refractivity contribution in [1.82, 2.24) is 10.6 Å². The van der Waals surface area contributed by atoms with Gasteiger partial charge < -0.3 is 10.6 Å². The van der Waals surface area contributed by atoms with E-state index in [1.54, 1.807) is 0 Å². The SMILES string of the molecule is CC(C)(C)NCC1CCCNCC1. The first kappa shape index (κ1) is 11.0. The summed E-state index contributed by atoms with van der Waals surface area (Å²) in [5.74, 6) is 0.884. The van der Waals surface area contributed by atoms with Crippen LogP contribution in [0.2, 0.25) is 0 Å². The zero-order valence-electron chi connectivity index (χ0n) is 9.32. The normalized spacial score (nSPS) is 25.6. The second kappa shape index (κ2) is 4.97. The van der Waals surface area contributed by atoms with Crippen LogP contribution in [0.1, 0.15) is 40.0 Å². The van der Waals surface area contributed by atoms with Crippen LogP contribution >= 0.6 is 0 Å². The van der Waals surface area contributed by atoms with Gasteiger partial charge in [0.05, 0.1) is 0 Å². The molecule has 0 bridgehead atoms. The zero-order chi connectivity index (χ0) is 9.73. The van der Waals surface area contributed by atoms with E-state index < -0.39 is 0 Å². The fraction of sp³-hybridized carbons (Fsp3) is 1.00. The molecule has 1 saturated heterocycles. The Hall–Kier alpha value is -0.0800. The monoisotopic (exact) mass is 184 g/mol. The van der Waals surface area contributed by atoms with Crippen molar-refractivity contribution in [3.63, 3.8) is 0 Å². The maximum Gasteiger partial charge on any atom is 0.00966 e. The van der Waals surface area contributed by atoms with Gasteiger partial charge in [-0.1, -0.05) is 0 Å². The van der Waals surface area contributed by atoms with Crippen LogP contribution in [0.4, 0.5) is 0 Å². The number of hydrogen-bond acceptors (Lipinski definition) is 2. The standard InChI is InChI=1S/C11H24N2/c1-11(2,3)13-9-10-5-4-7-12-8-6-10/h10,12-13H,4-9H2,1-3H3. The summed E-state index contributed by atoms with van der Waals surface area (Å²) in [6, 6.07) is 0. The van der Waals surface area contributed by atoms with E-state index in [0.717, 1.165) is 5.92 Å². The first-order valence-corrected chi connectivity index (χ1v) is 5.54. The van der Waals surface area contributed by atoms with Crippen LogP contribution in [0.3, 0.4) is 0 Å². The Labute approximate surface area is 82.5 Å². The summed E-state index contributed by atoms with van der Waals surface area (Å²) in [6.45, 7) is 10.3. The number of hydrogen-bond donors (Lipinski definition) is 2. The summed E-state index contributed by atoms with van der Waals surface area (Å²) in [7, 11) is 0. The largest absolute Gasteiger partial charge is 0.317 e. The van der Waals surface area contributed by atoms with E-state index in [9.17, 15) is 0 Å². The second-order valence-electron chi connectivity index (χ2n) is 5.18. The van der Waals surface area contributed by atoms with Gasteiger partial charge in [-0.2, -0.15) is 0 Å². The highest BCUT2D eigenvalue weighted by atomic mass is 14.9. The smallest absolute Gasteiger partial charge is 0.00966 e. The first-order valence-electron chi connectivity index (χ1n) is 5.54. The Morgan fingerprint density at radius 2 is 2.00 bits per heavy atom. The van der Waals surface area contributed by atoms with Gasteiger partial charge in [0.1, 0.15) is 0 Å². The molecule has 1 rings (SSSR count). The molecule has 2 nitrogen and oxygen atoms in total. The fourth-order valence-corrected chi connectivity index (χ4v) is 1.75. The van der Waals surface area contributed by atoms with Crippen LogP contribution in [0.15, 0.2) is 0 Å². The predicted molar refractivity (Wildman–Crippen MR) is 58.0 cm³/mol.